The van der Waals surface area contributed by atoms with Crippen LogP contribution in [-0.4, -0.2) is 29.3 Å². The summed E-state index contributed by atoms with van der Waals surface area (Å²) < 4.78 is 0. The first-order valence-electron chi connectivity index (χ1n) is 7.24. The van der Waals surface area contributed by atoms with Gasteiger partial charge in [-0.25, -0.2) is 0 Å². The number of hydrogen-bond acceptors (Lipinski definition) is 4. The molecule has 0 amide bonds. The zero-order chi connectivity index (χ0) is 13.8. The monoisotopic (exact) mass is 268 g/mol. The van der Waals surface area contributed by atoms with E-state index in [0.29, 0.717) is 12.6 Å². The Bertz CT molecular complexity index is 538. The van der Waals surface area contributed by atoms with Crippen LogP contribution < -0.4 is 10.6 Å². The second kappa shape index (κ2) is 6.01. The van der Waals surface area contributed by atoms with Crippen molar-refractivity contribution in [1.82, 2.24) is 10.2 Å². The molecule has 1 saturated heterocycles. The zero-order valence-corrected chi connectivity index (χ0v) is 11.6. The van der Waals surface area contributed by atoms with Gasteiger partial charge in [-0.2, -0.15) is 0 Å². The molecule has 1 unspecified atom stereocenters. The van der Waals surface area contributed by atoms with Crippen LogP contribution in [0.3, 0.4) is 0 Å². The van der Waals surface area contributed by atoms with Crippen molar-refractivity contribution in [2.75, 3.05) is 18.0 Å². The predicted octanol–water partition coefficient (Wildman–Crippen LogP) is 2.46. The third-order valence-electron chi connectivity index (χ3n) is 3.91. The summed E-state index contributed by atoms with van der Waals surface area (Å²) in [6.45, 7) is 1.71. The molecular weight excluding hydrogens is 248 g/mol. The van der Waals surface area contributed by atoms with E-state index in [0.717, 1.165) is 30.0 Å². The third-order valence-corrected chi connectivity index (χ3v) is 3.91. The number of piperidine rings is 1. The molecule has 1 aliphatic rings. The molecule has 3 rings (SSSR count). The summed E-state index contributed by atoms with van der Waals surface area (Å²) in [5.74, 6) is 0.944. The van der Waals surface area contributed by atoms with Gasteiger partial charge >= 0.3 is 0 Å². The summed E-state index contributed by atoms with van der Waals surface area (Å²) >= 11 is 0. The van der Waals surface area contributed by atoms with Gasteiger partial charge in [0.2, 0.25) is 0 Å². The Morgan fingerprint density at radius 2 is 1.90 bits per heavy atom. The Hall–Kier alpha value is -1.94. The van der Waals surface area contributed by atoms with E-state index in [4.69, 9.17) is 5.73 Å². The molecule has 4 nitrogen and oxygen atoms in total. The third kappa shape index (κ3) is 2.65. The van der Waals surface area contributed by atoms with Gasteiger partial charge in [0.05, 0.1) is 5.69 Å². The van der Waals surface area contributed by atoms with E-state index in [2.05, 4.69) is 21.2 Å². The van der Waals surface area contributed by atoms with Crippen LogP contribution in [0.25, 0.3) is 11.3 Å². The molecule has 0 radical (unpaired) electrons. The average molecular weight is 268 g/mol. The molecule has 1 aliphatic heterocycles. The van der Waals surface area contributed by atoms with Crippen molar-refractivity contribution < 1.29 is 0 Å². The van der Waals surface area contributed by atoms with Crippen molar-refractivity contribution in [2.24, 2.45) is 5.73 Å². The highest BCUT2D eigenvalue weighted by molar-refractivity contribution is 5.59. The minimum atomic E-state index is 0.403. The number of anilines is 1. The molecular formula is C16H20N4. The Kier molecular flexibility index (Phi) is 3.92. The van der Waals surface area contributed by atoms with E-state index in [-0.39, 0.29) is 0 Å². The maximum Gasteiger partial charge on any atom is 0.151 e. The van der Waals surface area contributed by atoms with Gasteiger partial charge in [0.1, 0.15) is 0 Å². The van der Waals surface area contributed by atoms with Gasteiger partial charge in [-0.1, -0.05) is 30.3 Å². The quantitative estimate of drug-likeness (QED) is 0.929. The van der Waals surface area contributed by atoms with Crippen LogP contribution in [0.5, 0.6) is 0 Å². The van der Waals surface area contributed by atoms with E-state index in [1.807, 2.05) is 36.4 Å². The minimum absolute atomic E-state index is 0.403. The van der Waals surface area contributed by atoms with E-state index >= 15 is 0 Å². The molecule has 2 aromatic rings. The number of benzene rings is 1. The normalized spacial score (nSPS) is 19.1. The van der Waals surface area contributed by atoms with Gasteiger partial charge in [0, 0.05) is 24.7 Å². The Balaban J connectivity index is 1.82. The van der Waals surface area contributed by atoms with E-state index in [9.17, 15) is 0 Å². The van der Waals surface area contributed by atoms with Crippen LogP contribution in [-0.2, 0) is 0 Å². The van der Waals surface area contributed by atoms with Crippen LogP contribution >= 0.6 is 0 Å². The van der Waals surface area contributed by atoms with Crippen molar-refractivity contribution >= 4 is 5.82 Å². The van der Waals surface area contributed by atoms with Crippen molar-refractivity contribution in [1.29, 1.82) is 0 Å². The van der Waals surface area contributed by atoms with Crippen molar-refractivity contribution in [3.63, 3.8) is 0 Å². The lowest BCUT2D eigenvalue weighted by Crippen LogP contribution is -2.44. The molecule has 104 valence electrons. The van der Waals surface area contributed by atoms with Crippen LogP contribution in [0, 0.1) is 0 Å². The maximum absolute atomic E-state index is 5.86. The summed E-state index contributed by atoms with van der Waals surface area (Å²) in [6.07, 6.45) is 3.62. The van der Waals surface area contributed by atoms with Crippen molar-refractivity contribution in [3.8, 4) is 11.3 Å². The standard InChI is InChI=1S/C16H20N4/c17-12-14-8-4-5-11-20(14)16-10-9-15(18-19-16)13-6-2-1-3-7-13/h1-3,6-7,9-10,14H,4-5,8,11-12,17H2. The fraction of sp³-hybridized carbons (Fsp3) is 0.375. The minimum Gasteiger partial charge on any atom is -0.351 e. The Morgan fingerprint density at radius 3 is 2.60 bits per heavy atom. The summed E-state index contributed by atoms with van der Waals surface area (Å²) in [5.41, 5.74) is 7.87. The summed E-state index contributed by atoms with van der Waals surface area (Å²) in [7, 11) is 0. The molecule has 0 saturated carbocycles. The van der Waals surface area contributed by atoms with Gasteiger partial charge in [0.15, 0.2) is 5.82 Å². The highest BCUT2D eigenvalue weighted by Crippen LogP contribution is 2.23. The van der Waals surface area contributed by atoms with Gasteiger partial charge in [-0.05, 0) is 31.4 Å². The SMILES string of the molecule is NCC1CCCCN1c1ccc(-c2ccccc2)nn1. The van der Waals surface area contributed by atoms with Gasteiger partial charge < -0.3 is 10.6 Å². The topological polar surface area (TPSA) is 55.0 Å². The van der Waals surface area contributed by atoms with Crippen LogP contribution in [0.4, 0.5) is 5.82 Å². The first-order chi connectivity index (χ1) is 9.88. The molecule has 0 spiro atoms. The number of nitrogens with two attached hydrogens (primary N) is 1. The number of hydrogen-bond donors (Lipinski definition) is 1. The summed E-state index contributed by atoms with van der Waals surface area (Å²) in [5, 5.41) is 8.76. The molecule has 20 heavy (non-hydrogen) atoms. The van der Waals surface area contributed by atoms with Crippen LogP contribution in [0.2, 0.25) is 0 Å². The van der Waals surface area contributed by atoms with Crippen molar-refractivity contribution in [3.05, 3.63) is 42.5 Å². The molecule has 2 heterocycles. The second-order valence-electron chi connectivity index (χ2n) is 5.22. The highest BCUT2D eigenvalue weighted by Gasteiger charge is 2.22. The smallest absolute Gasteiger partial charge is 0.151 e. The zero-order valence-electron chi connectivity index (χ0n) is 11.6. The fourth-order valence-electron chi connectivity index (χ4n) is 2.79. The summed E-state index contributed by atoms with van der Waals surface area (Å²) in [4.78, 5) is 2.30. The van der Waals surface area contributed by atoms with Crippen molar-refractivity contribution in [2.45, 2.75) is 25.3 Å². The average Bonchev–Trinajstić information content (AvgIpc) is 2.56. The molecule has 1 fully saturated rings. The van der Waals surface area contributed by atoms with Crippen LogP contribution in [0.15, 0.2) is 42.5 Å². The van der Waals surface area contributed by atoms with E-state index in [1.54, 1.807) is 0 Å². The molecule has 1 aromatic heterocycles. The lowest BCUT2D eigenvalue weighted by Gasteiger charge is -2.35. The lowest BCUT2D eigenvalue weighted by atomic mass is 10.0. The summed E-state index contributed by atoms with van der Waals surface area (Å²) in [6, 6.07) is 14.6. The Morgan fingerprint density at radius 1 is 1.05 bits per heavy atom. The van der Waals surface area contributed by atoms with E-state index < -0.39 is 0 Å². The molecule has 0 aliphatic carbocycles. The second-order valence-corrected chi connectivity index (χ2v) is 5.22. The molecule has 4 heteroatoms. The van der Waals surface area contributed by atoms with E-state index in [1.165, 1.54) is 12.8 Å². The largest absolute Gasteiger partial charge is 0.351 e. The molecule has 1 aromatic carbocycles. The van der Waals surface area contributed by atoms with Crippen LogP contribution in [0.1, 0.15) is 19.3 Å². The number of aromatic nitrogens is 2. The molecule has 1 atom stereocenters. The predicted molar refractivity (Wildman–Crippen MR) is 81.5 cm³/mol. The molecule has 0 bridgehead atoms. The van der Waals surface area contributed by atoms with Gasteiger partial charge in [0.25, 0.3) is 0 Å². The number of rotatable bonds is 3. The van der Waals surface area contributed by atoms with Gasteiger partial charge in [-0.3, -0.25) is 0 Å². The maximum atomic E-state index is 5.86. The first-order valence-corrected chi connectivity index (χ1v) is 7.24. The van der Waals surface area contributed by atoms with Gasteiger partial charge in [-0.15, -0.1) is 10.2 Å². The lowest BCUT2D eigenvalue weighted by molar-refractivity contribution is 0.461. The molecule has 2 N–H and O–H groups in total. The highest BCUT2D eigenvalue weighted by atomic mass is 15.3. The fourth-order valence-corrected chi connectivity index (χ4v) is 2.79. The Labute approximate surface area is 119 Å². The first kappa shape index (κ1) is 13.1. The number of nitrogens with zero attached hydrogens (tertiary/aromatic N) is 3.